The molecule has 0 bridgehead atoms. The van der Waals surface area contributed by atoms with Gasteiger partial charge in [0, 0.05) is 6.20 Å². The molecule has 4 N–H and O–H groups in total. The summed E-state index contributed by atoms with van der Waals surface area (Å²) in [6.07, 6.45) is -18.0. The first-order chi connectivity index (χ1) is 17.6. The molecule has 1 aliphatic rings. The number of esters is 1. The Morgan fingerprint density at radius 1 is 0.949 bits per heavy atom. The molecule has 0 amide bonds. The van der Waals surface area contributed by atoms with E-state index >= 15 is 0 Å². The lowest BCUT2D eigenvalue weighted by Crippen LogP contribution is -2.28. The molecule has 2 atom stereocenters. The largest absolute Gasteiger partial charge is 0.481 e. The number of aliphatic carboxylic acids is 2. The van der Waals surface area contributed by atoms with E-state index in [-0.39, 0.29) is 12.4 Å². The number of aromatic nitrogens is 2. The summed E-state index contributed by atoms with van der Waals surface area (Å²) < 4.78 is 113. The van der Waals surface area contributed by atoms with Crippen LogP contribution >= 0.6 is 0 Å². The molecule has 224 valence electrons. The maximum absolute atomic E-state index is 12.0. The van der Waals surface area contributed by atoms with Crippen molar-refractivity contribution >= 4 is 23.7 Å². The number of carbonyl (C=O) groups is 3. The molecule has 1 aliphatic heterocycles. The van der Waals surface area contributed by atoms with Crippen molar-refractivity contribution in [2.45, 2.75) is 63.0 Å². The second kappa shape index (κ2) is 15.1. The number of carbonyl (C=O) groups excluding carboxylic acids is 1. The van der Waals surface area contributed by atoms with Gasteiger partial charge in [-0.05, 0) is 18.9 Å². The van der Waals surface area contributed by atoms with Crippen molar-refractivity contribution in [3.05, 3.63) is 22.7 Å². The number of ether oxygens (including phenoxy) is 2. The molecule has 0 spiro atoms. The van der Waals surface area contributed by atoms with Crippen molar-refractivity contribution < 1.29 is 78.8 Å². The second-order valence-electron chi connectivity index (χ2n) is 7.25. The summed E-state index contributed by atoms with van der Waals surface area (Å²) in [7, 11) is 0. The maximum Gasteiger partial charge on any atom is 0.399 e. The van der Waals surface area contributed by atoms with Crippen molar-refractivity contribution in [1.29, 1.82) is 0 Å². The maximum atomic E-state index is 12.0. The molecule has 0 aliphatic carbocycles. The van der Waals surface area contributed by atoms with Gasteiger partial charge < -0.3 is 19.7 Å². The van der Waals surface area contributed by atoms with Crippen molar-refractivity contribution in [2.24, 2.45) is 0 Å². The third kappa shape index (κ3) is 18.3. The third-order valence-corrected chi connectivity index (χ3v) is 3.82. The highest BCUT2D eigenvalue weighted by molar-refractivity contribution is 5.70. The average molecular weight is 593 g/mol. The first-order valence-electron chi connectivity index (χ1n) is 10.1. The lowest BCUT2D eigenvalue weighted by atomic mass is 10.2. The van der Waals surface area contributed by atoms with Gasteiger partial charge in [-0.1, -0.05) is 0 Å². The van der Waals surface area contributed by atoms with Crippen molar-refractivity contribution in [1.82, 2.24) is 9.55 Å². The number of hydrogen-bond donors (Lipinski definition) is 4. The molecule has 1 aromatic heterocycles. The lowest BCUT2D eigenvalue weighted by molar-refractivity contribution is -0.175. The molecular formula is C18H20F9N3O9. The van der Waals surface area contributed by atoms with Gasteiger partial charge in [-0.15, -0.1) is 0 Å². The van der Waals surface area contributed by atoms with Crippen LogP contribution in [-0.2, 0) is 23.9 Å². The minimum atomic E-state index is -4.61. The Balaban J connectivity index is 0.000000742. The van der Waals surface area contributed by atoms with Gasteiger partial charge in [0.25, 0.3) is 0 Å². The highest BCUT2D eigenvalue weighted by Gasteiger charge is 2.34. The Morgan fingerprint density at radius 2 is 1.44 bits per heavy atom. The van der Waals surface area contributed by atoms with Crippen LogP contribution in [0.5, 0.6) is 0 Å². The van der Waals surface area contributed by atoms with Crippen molar-refractivity contribution in [3.63, 3.8) is 0 Å². The smallest absolute Gasteiger partial charge is 0.399 e. The first-order valence-corrected chi connectivity index (χ1v) is 10.1. The van der Waals surface area contributed by atoms with E-state index in [0.717, 1.165) is 0 Å². The van der Waals surface area contributed by atoms with E-state index in [0.29, 0.717) is 12.8 Å². The van der Waals surface area contributed by atoms with Gasteiger partial charge in [-0.2, -0.15) is 44.5 Å². The molecule has 0 aromatic carbocycles. The molecule has 1 fully saturated rings. The van der Waals surface area contributed by atoms with Gasteiger partial charge in [0.1, 0.15) is 32.1 Å². The number of alkyl halides is 9. The van der Waals surface area contributed by atoms with E-state index in [2.05, 4.69) is 9.72 Å². The average Bonchev–Trinajstić information content (AvgIpc) is 3.17. The van der Waals surface area contributed by atoms with E-state index in [9.17, 15) is 58.7 Å². The third-order valence-electron chi connectivity index (χ3n) is 3.82. The van der Waals surface area contributed by atoms with Crippen LogP contribution in [0.15, 0.2) is 17.1 Å². The van der Waals surface area contributed by atoms with Crippen LogP contribution in [-0.4, -0.2) is 74.1 Å². The van der Waals surface area contributed by atoms with Gasteiger partial charge in [0.2, 0.25) is 0 Å². The van der Waals surface area contributed by atoms with E-state index in [1.807, 2.05) is 0 Å². The van der Waals surface area contributed by atoms with Gasteiger partial charge >= 0.3 is 42.1 Å². The zero-order chi connectivity index (χ0) is 30.6. The minimum absolute atomic E-state index is 0.0260. The number of nitrogens with zero attached hydrogens (tertiary/aromatic N) is 2. The standard InChI is InChI=1S/C12H14F3N3O5.2C3H3F3O2/c13-12(14,15)5-10(19)22-6-7-1-2-9(23-7)18-4-3-8(17-21)16-11(18)20;2*4-3(5,6)1-2(7)8/h3-4,7,9,21H,1-2,5-6H2,(H,16,17,20);2*1H2,(H,7,8). The molecule has 2 unspecified atom stereocenters. The van der Waals surface area contributed by atoms with Crippen LogP contribution < -0.4 is 11.2 Å². The molecule has 1 saturated heterocycles. The van der Waals surface area contributed by atoms with Crippen LogP contribution in [0.2, 0.25) is 0 Å². The number of carboxylic acids is 2. The summed E-state index contributed by atoms with van der Waals surface area (Å²) in [5.41, 5.74) is 1.07. The summed E-state index contributed by atoms with van der Waals surface area (Å²) in [5, 5.41) is 23.7. The molecule has 2 rings (SSSR count). The second-order valence-corrected chi connectivity index (χ2v) is 7.25. The highest BCUT2D eigenvalue weighted by Crippen LogP contribution is 2.28. The molecule has 0 saturated carbocycles. The minimum Gasteiger partial charge on any atom is -0.481 e. The van der Waals surface area contributed by atoms with Crippen LogP contribution in [0.3, 0.4) is 0 Å². The quantitative estimate of drug-likeness (QED) is 0.207. The number of carboxylic acid groups (broad SMARTS) is 2. The summed E-state index contributed by atoms with van der Waals surface area (Å²) in [6, 6.07) is 1.35. The van der Waals surface area contributed by atoms with E-state index in [4.69, 9.17) is 20.2 Å². The van der Waals surface area contributed by atoms with E-state index in [1.165, 1.54) is 16.8 Å². The fraction of sp³-hybridized carbons (Fsp3) is 0.611. The number of hydrogen-bond acceptors (Lipinski definition) is 9. The predicted molar refractivity (Wildman–Crippen MR) is 105 cm³/mol. The number of rotatable bonds is 7. The van der Waals surface area contributed by atoms with Crippen molar-refractivity contribution in [3.8, 4) is 0 Å². The van der Waals surface area contributed by atoms with Gasteiger partial charge in [-0.3, -0.25) is 29.6 Å². The fourth-order valence-corrected chi connectivity index (χ4v) is 2.45. The monoisotopic (exact) mass is 593 g/mol. The number of nitrogens with one attached hydrogen (secondary N) is 1. The topological polar surface area (TPSA) is 177 Å². The Hall–Kier alpha value is -3.62. The number of anilines is 1. The molecule has 21 heteroatoms. The van der Waals surface area contributed by atoms with Crippen molar-refractivity contribution in [2.75, 3.05) is 12.1 Å². The normalized spacial score (nSPS) is 17.2. The van der Waals surface area contributed by atoms with Gasteiger partial charge in [0.15, 0.2) is 5.82 Å². The Kier molecular flexibility index (Phi) is 13.7. The SMILES string of the molecule is O=C(CC(F)(F)F)OCC1CCC(n2ccc(NO)nc2=O)O1.O=C(O)CC(F)(F)F.O=C(O)CC(F)(F)F. The summed E-state index contributed by atoms with van der Waals surface area (Å²) in [6.45, 7) is -0.316. The zero-order valence-electron chi connectivity index (χ0n) is 19.1. The molecular weight excluding hydrogens is 573 g/mol. The van der Waals surface area contributed by atoms with Crippen LogP contribution in [0.25, 0.3) is 0 Å². The highest BCUT2D eigenvalue weighted by atomic mass is 19.4. The fourth-order valence-electron chi connectivity index (χ4n) is 2.45. The summed E-state index contributed by atoms with van der Waals surface area (Å²) in [4.78, 5) is 44.8. The van der Waals surface area contributed by atoms with Crippen LogP contribution in [0, 0.1) is 0 Å². The summed E-state index contributed by atoms with van der Waals surface area (Å²) >= 11 is 0. The molecule has 12 nitrogen and oxygen atoms in total. The zero-order valence-corrected chi connectivity index (χ0v) is 19.1. The van der Waals surface area contributed by atoms with E-state index < -0.39 is 73.7 Å². The molecule has 2 heterocycles. The van der Waals surface area contributed by atoms with Crippen LogP contribution in [0.4, 0.5) is 45.3 Å². The van der Waals surface area contributed by atoms with E-state index in [1.54, 1.807) is 5.48 Å². The Bertz CT molecular complexity index is 985. The first kappa shape index (κ1) is 35.4. The Labute approximate surface area is 210 Å². The van der Waals surface area contributed by atoms with Gasteiger partial charge in [-0.25, -0.2) is 4.79 Å². The number of halogens is 9. The molecule has 1 aromatic rings. The lowest BCUT2D eigenvalue weighted by Gasteiger charge is -2.16. The molecule has 0 radical (unpaired) electrons. The van der Waals surface area contributed by atoms with Gasteiger partial charge in [0.05, 0.1) is 6.10 Å². The predicted octanol–water partition coefficient (Wildman–Crippen LogP) is 3.26. The summed E-state index contributed by atoms with van der Waals surface area (Å²) in [5.74, 6) is -5.10. The molecule has 39 heavy (non-hydrogen) atoms. The Morgan fingerprint density at radius 3 is 1.79 bits per heavy atom. The van der Waals surface area contributed by atoms with Crippen LogP contribution in [0.1, 0.15) is 38.3 Å².